The van der Waals surface area contributed by atoms with Crippen LogP contribution in [0.25, 0.3) is 6.08 Å². The summed E-state index contributed by atoms with van der Waals surface area (Å²) < 4.78 is 0. The fourth-order valence-corrected chi connectivity index (χ4v) is 5.89. The number of hydrogen-bond donors (Lipinski definition) is 0. The molecule has 0 aliphatic carbocycles. The highest BCUT2D eigenvalue weighted by Crippen LogP contribution is 2.48. The number of allylic oxidation sites excluding steroid dienone is 9. The predicted molar refractivity (Wildman–Crippen MR) is 164 cm³/mol. The molecule has 0 atom stereocenters. The Hall–Kier alpha value is -1.38. The first-order valence-electron chi connectivity index (χ1n) is 13.0. The van der Waals surface area contributed by atoms with E-state index in [1.54, 1.807) is 0 Å². The molecule has 1 aromatic rings. The van der Waals surface area contributed by atoms with Crippen molar-refractivity contribution in [2.45, 2.75) is 107 Å². The van der Waals surface area contributed by atoms with Gasteiger partial charge < -0.3 is 0 Å². The van der Waals surface area contributed by atoms with Crippen LogP contribution < -0.4 is 0 Å². The third-order valence-electron chi connectivity index (χ3n) is 5.98. The van der Waals surface area contributed by atoms with E-state index in [4.69, 9.17) is 0 Å². The molecule has 1 aliphatic rings. The Bertz CT molecular complexity index is 996. The standard InChI is InChI=1S/C33H49S2/c1-14-23(15-17-24-19-26(30(2,3)4)34-27(20-24)31(5,6)7)16-18-25-21-28(32(8,9)10)35-29(22-25)33(11,12)13/h15-22H,14H2,1-13H3/q+1. The van der Waals surface area contributed by atoms with Crippen molar-refractivity contribution in [3.8, 4) is 0 Å². The molecule has 0 amide bonds. The van der Waals surface area contributed by atoms with Crippen molar-refractivity contribution in [3.63, 3.8) is 0 Å². The summed E-state index contributed by atoms with van der Waals surface area (Å²) in [6.07, 6.45) is 15.0. The van der Waals surface area contributed by atoms with E-state index in [1.807, 2.05) is 23.1 Å². The molecule has 0 bridgehead atoms. The van der Waals surface area contributed by atoms with E-state index in [-0.39, 0.29) is 21.7 Å². The Labute approximate surface area is 225 Å². The first-order valence-corrected chi connectivity index (χ1v) is 14.6. The molecule has 0 N–H and O–H groups in total. The van der Waals surface area contributed by atoms with Crippen LogP contribution in [0.4, 0.5) is 0 Å². The van der Waals surface area contributed by atoms with E-state index < -0.39 is 0 Å². The van der Waals surface area contributed by atoms with Gasteiger partial charge in [0.15, 0.2) is 0 Å². The maximum absolute atomic E-state index is 2.37. The van der Waals surface area contributed by atoms with Crippen LogP contribution in [0.2, 0.25) is 0 Å². The first kappa shape index (κ1) is 29.8. The minimum atomic E-state index is 0.148. The van der Waals surface area contributed by atoms with Crippen molar-refractivity contribution in [2.75, 3.05) is 0 Å². The summed E-state index contributed by atoms with van der Waals surface area (Å²) in [5.41, 5.74) is 4.53. The summed E-state index contributed by atoms with van der Waals surface area (Å²) in [6, 6.07) is 4.74. The highest BCUT2D eigenvalue weighted by molar-refractivity contribution is 8.06. The van der Waals surface area contributed by atoms with Gasteiger partial charge in [0, 0.05) is 23.0 Å². The zero-order valence-electron chi connectivity index (χ0n) is 24.6. The van der Waals surface area contributed by atoms with Crippen LogP contribution >= 0.6 is 23.1 Å². The molecule has 192 valence electrons. The minimum Gasteiger partial charge on any atom is -0.0978 e. The Morgan fingerprint density at radius 1 is 0.743 bits per heavy atom. The zero-order valence-corrected chi connectivity index (χ0v) is 26.3. The lowest BCUT2D eigenvalue weighted by molar-refractivity contribution is 0.521. The second-order valence-corrected chi connectivity index (χ2v) is 16.0. The van der Waals surface area contributed by atoms with Crippen LogP contribution in [0, 0.1) is 10.8 Å². The lowest BCUT2D eigenvalue weighted by Crippen LogP contribution is -2.14. The molecule has 0 saturated carbocycles. The summed E-state index contributed by atoms with van der Waals surface area (Å²) in [5.74, 6) is 0. The molecule has 0 radical (unpaired) electrons. The van der Waals surface area contributed by atoms with E-state index in [1.165, 1.54) is 36.3 Å². The van der Waals surface area contributed by atoms with Gasteiger partial charge in [0.1, 0.15) is 0 Å². The van der Waals surface area contributed by atoms with Gasteiger partial charge in [-0.2, -0.15) is 0 Å². The van der Waals surface area contributed by atoms with Gasteiger partial charge in [-0.05, 0) is 55.9 Å². The third-order valence-corrected chi connectivity index (χ3v) is 9.78. The average molecular weight is 510 g/mol. The maximum atomic E-state index is 2.37. The molecule has 1 aliphatic heterocycles. The second-order valence-electron chi connectivity index (χ2n) is 13.8. The van der Waals surface area contributed by atoms with Crippen LogP contribution in [0.1, 0.15) is 112 Å². The Kier molecular flexibility index (Phi) is 9.32. The zero-order chi connectivity index (χ0) is 26.8. The maximum Gasteiger partial charge on any atom is 0.219 e. The van der Waals surface area contributed by atoms with Crippen molar-refractivity contribution in [3.05, 3.63) is 78.8 Å². The summed E-state index contributed by atoms with van der Waals surface area (Å²) in [4.78, 5) is 5.75. The van der Waals surface area contributed by atoms with Crippen molar-refractivity contribution in [1.82, 2.24) is 0 Å². The van der Waals surface area contributed by atoms with Gasteiger partial charge in [-0.15, -0.1) is 0 Å². The van der Waals surface area contributed by atoms with Gasteiger partial charge in [-0.1, -0.05) is 126 Å². The topological polar surface area (TPSA) is 0 Å². The molecule has 0 fully saturated rings. The van der Waals surface area contributed by atoms with Crippen molar-refractivity contribution >= 4 is 29.2 Å². The van der Waals surface area contributed by atoms with Crippen molar-refractivity contribution < 1.29 is 0 Å². The lowest BCUT2D eigenvalue weighted by atomic mass is 9.91. The highest BCUT2D eigenvalue weighted by Gasteiger charge is 2.31. The third kappa shape index (κ3) is 8.90. The molecular weight excluding hydrogens is 460 g/mol. The summed E-state index contributed by atoms with van der Waals surface area (Å²) in [7, 11) is 0. The van der Waals surface area contributed by atoms with Gasteiger partial charge in [-0.25, -0.2) is 0 Å². The normalized spacial score (nSPS) is 16.5. The second kappa shape index (κ2) is 10.9. The first-order chi connectivity index (χ1) is 15.8. The van der Waals surface area contributed by atoms with Gasteiger partial charge in [0.25, 0.3) is 0 Å². The predicted octanol–water partition coefficient (Wildman–Crippen LogP) is 11.5. The number of hydrogen-bond acceptors (Lipinski definition) is 1. The van der Waals surface area contributed by atoms with E-state index in [2.05, 4.69) is 139 Å². The van der Waals surface area contributed by atoms with Gasteiger partial charge in [-0.3, -0.25) is 0 Å². The van der Waals surface area contributed by atoms with Crippen molar-refractivity contribution in [2.24, 2.45) is 10.8 Å². The molecule has 2 heteroatoms. The quantitative estimate of drug-likeness (QED) is 0.287. The van der Waals surface area contributed by atoms with E-state index >= 15 is 0 Å². The molecule has 1 aromatic heterocycles. The Balaban J connectivity index is 2.46. The van der Waals surface area contributed by atoms with Gasteiger partial charge >= 0.3 is 0 Å². The molecule has 35 heavy (non-hydrogen) atoms. The smallest absolute Gasteiger partial charge is 0.0978 e. The monoisotopic (exact) mass is 509 g/mol. The Morgan fingerprint density at radius 3 is 1.57 bits per heavy atom. The SMILES string of the molecule is CCC(/C=C/c1cc(C(C)(C)C)[s+]c(C(C)(C)C)c1)=C\C=C1C=C(C(C)(C)C)SC(C(C)(C)C)=C1. The van der Waals surface area contributed by atoms with E-state index in [0.29, 0.717) is 0 Å². The number of rotatable bonds is 4. The summed E-state index contributed by atoms with van der Waals surface area (Å²) in [6.45, 7) is 30.0. The molecule has 0 spiro atoms. The van der Waals surface area contributed by atoms with Crippen molar-refractivity contribution in [1.29, 1.82) is 0 Å². The fourth-order valence-electron chi connectivity index (χ4n) is 3.41. The average Bonchev–Trinajstić information content (AvgIpc) is 2.71. The molecule has 0 nitrogen and oxygen atoms in total. The molecule has 0 aromatic carbocycles. The Morgan fingerprint density at radius 2 is 1.20 bits per heavy atom. The van der Waals surface area contributed by atoms with Crippen LogP contribution in [-0.4, -0.2) is 0 Å². The van der Waals surface area contributed by atoms with Crippen LogP contribution in [-0.2, 0) is 10.8 Å². The molecule has 2 rings (SSSR count). The molecule has 2 heterocycles. The molecular formula is C33H49S2+. The molecule has 0 unspecified atom stereocenters. The largest absolute Gasteiger partial charge is 0.219 e. The van der Waals surface area contributed by atoms with E-state index in [9.17, 15) is 0 Å². The summed E-state index contributed by atoms with van der Waals surface area (Å²) in [5, 5.41) is 0. The van der Waals surface area contributed by atoms with Gasteiger partial charge in [0.2, 0.25) is 21.1 Å². The highest BCUT2D eigenvalue weighted by atomic mass is 32.2. The lowest BCUT2D eigenvalue weighted by Gasteiger charge is -2.31. The number of thioether (sulfide) groups is 1. The molecule has 0 saturated heterocycles. The van der Waals surface area contributed by atoms with Gasteiger partial charge in [0.05, 0.1) is 0 Å². The van der Waals surface area contributed by atoms with Crippen LogP contribution in [0.15, 0.2) is 63.5 Å². The minimum absolute atomic E-state index is 0.148. The van der Waals surface area contributed by atoms with Crippen LogP contribution in [0.3, 0.4) is 0 Å². The van der Waals surface area contributed by atoms with Crippen LogP contribution in [0.5, 0.6) is 0 Å². The fraction of sp³-hybridized carbons (Fsp3) is 0.545. The summed E-state index contributed by atoms with van der Waals surface area (Å²) >= 11 is 3.90. The van der Waals surface area contributed by atoms with E-state index in [0.717, 1.165) is 6.42 Å².